The zero-order chi connectivity index (χ0) is 17.9. The first-order chi connectivity index (χ1) is 12.0. The molecule has 1 N–H and O–H groups in total. The Morgan fingerprint density at radius 1 is 1.16 bits per heavy atom. The van der Waals surface area contributed by atoms with E-state index >= 15 is 0 Å². The molecule has 0 aromatic heterocycles. The summed E-state index contributed by atoms with van der Waals surface area (Å²) in [6, 6.07) is 14.9. The second kappa shape index (κ2) is 7.36. The largest absolute Gasteiger partial charge is 0.325 e. The number of piperidine rings is 1. The Labute approximate surface area is 148 Å². The molecule has 0 saturated carbocycles. The molecule has 4 heteroatoms. The number of halogens is 1. The van der Waals surface area contributed by atoms with Crippen LogP contribution in [0, 0.1) is 18.2 Å². The predicted molar refractivity (Wildman–Crippen MR) is 98.8 cm³/mol. The summed E-state index contributed by atoms with van der Waals surface area (Å²) in [5.41, 5.74) is 2.36. The lowest BCUT2D eigenvalue weighted by molar-refractivity contribution is -0.127. The first kappa shape index (κ1) is 17.6. The van der Waals surface area contributed by atoms with Crippen LogP contribution >= 0.6 is 0 Å². The minimum Gasteiger partial charge on any atom is -0.325 e. The number of rotatable bonds is 4. The first-order valence-electron chi connectivity index (χ1n) is 8.80. The normalized spacial score (nSPS) is 17.2. The van der Waals surface area contributed by atoms with Crippen LogP contribution in [-0.2, 0) is 11.3 Å². The molecule has 1 fully saturated rings. The SMILES string of the molecule is Cc1cc(F)ccc1NC(=O)C1(C)CCN(Cc2ccccc2)CC1. The van der Waals surface area contributed by atoms with Gasteiger partial charge in [-0.2, -0.15) is 0 Å². The van der Waals surface area contributed by atoms with Crippen molar-refractivity contribution in [1.29, 1.82) is 0 Å². The van der Waals surface area contributed by atoms with Crippen LogP contribution in [0.15, 0.2) is 48.5 Å². The Bertz CT molecular complexity index is 737. The number of nitrogens with zero attached hydrogens (tertiary/aromatic N) is 1. The van der Waals surface area contributed by atoms with Gasteiger partial charge in [0.05, 0.1) is 0 Å². The lowest BCUT2D eigenvalue weighted by Gasteiger charge is -2.38. The van der Waals surface area contributed by atoms with Crippen molar-refractivity contribution in [2.24, 2.45) is 5.41 Å². The minimum atomic E-state index is -0.381. The van der Waals surface area contributed by atoms with Crippen molar-refractivity contribution in [3.63, 3.8) is 0 Å². The monoisotopic (exact) mass is 340 g/mol. The fourth-order valence-electron chi connectivity index (χ4n) is 3.31. The van der Waals surface area contributed by atoms with Crippen molar-refractivity contribution in [3.8, 4) is 0 Å². The van der Waals surface area contributed by atoms with Crippen LogP contribution in [-0.4, -0.2) is 23.9 Å². The van der Waals surface area contributed by atoms with Gasteiger partial charge in [0.1, 0.15) is 5.82 Å². The van der Waals surface area contributed by atoms with E-state index in [2.05, 4.69) is 34.5 Å². The van der Waals surface area contributed by atoms with Crippen molar-refractivity contribution in [2.75, 3.05) is 18.4 Å². The summed E-state index contributed by atoms with van der Waals surface area (Å²) in [7, 11) is 0. The molecular weight excluding hydrogens is 315 g/mol. The van der Waals surface area contributed by atoms with E-state index in [1.54, 1.807) is 6.07 Å². The highest BCUT2D eigenvalue weighted by atomic mass is 19.1. The molecule has 1 saturated heterocycles. The molecule has 0 atom stereocenters. The Morgan fingerprint density at radius 2 is 1.84 bits per heavy atom. The van der Waals surface area contributed by atoms with Crippen LogP contribution in [0.3, 0.4) is 0 Å². The van der Waals surface area contributed by atoms with Crippen LogP contribution in [0.25, 0.3) is 0 Å². The maximum Gasteiger partial charge on any atom is 0.230 e. The van der Waals surface area contributed by atoms with Crippen molar-refractivity contribution in [1.82, 2.24) is 4.90 Å². The van der Waals surface area contributed by atoms with Gasteiger partial charge in [-0.05, 0) is 62.2 Å². The van der Waals surface area contributed by atoms with E-state index in [0.29, 0.717) is 5.69 Å². The summed E-state index contributed by atoms with van der Waals surface area (Å²) in [5, 5.41) is 2.99. The van der Waals surface area contributed by atoms with Gasteiger partial charge >= 0.3 is 0 Å². The molecule has 1 aliphatic heterocycles. The van der Waals surface area contributed by atoms with E-state index in [1.807, 2.05) is 19.9 Å². The maximum atomic E-state index is 13.2. The van der Waals surface area contributed by atoms with Crippen LogP contribution < -0.4 is 5.32 Å². The molecule has 1 amide bonds. The molecule has 25 heavy (non-hydrogen) atoms. The summed E-state index contributed by atoms with van der Waals surface area (Å²) in [4.78, 5) is 15.2. The Balaban J connectivity index is 1.58. The highest BCUT2D eigenvalue weighted by molar-refractivity contribution is 5.95. The quantitative estimate of drug-likeness (QED) is 0.896. The predicted octanol–water partition coefficient (Wildman–Crippen LogP) is 4.37. The van der Waals surface area contributed by atoms with Crippen LogP contribution in [0.1, 0.15) is 30.9 Å². The highest BCUT2D eigenvalue weighted by Gasteiger charge is 2.37. The number of aryl methyl sites for hydroxylation is 1. The van der Waals surface area contributed by atoms with Gasteiger partial charge in [-0.25, -0.2) is 4.39 Å². The molecule has 0 aliphatic carbocycles. The zero-order valence-electron chi connectivity index (χ0n) is 14.9. The average molecular weight is 340 g/mol. The van der Waals surface area contributed by atoms with E-state index < -0.39 is 0 Å². The standard InChI is InChI=1S/C21H25FN2O/c1-16-14-18(22)8-9-19(16)23-20(25)21(2)10-12-24(13-11-21)15-17-6-4-3-5-7-17/h3-9,14H,10-13,15H2,1-2H3,(H,23,25). The van der Waals surface area contributed by atoms with Crippen molar-refractivity contribution in [3.05, 3.63) is 65.5 Å². The topological polar surface area (TPSA) is 32.3 Å². The smallest absolute Gasteiger partial charge is 0.230 e. The molecule has 3 rings (SSSR count). The Hall–Kier alpha value is -2.20. The van der Waals surface area contributed by atoms with Gasteiger partial charge in [-0.1, -0.05) is 37.3 Å². The number of benzene rings is 2. The third-order valence-corrected chi connectivity index (χ3v) is 5.19. The number of hydrogen-bond donors (Lipinski definition) is 1. The van der Waals surface area contributed by atoms with E-state index in [0.717, 1.165) is 38.0 Å². The molecule has 0 radical (unpaired) electrons. The molecule has 0 bridgehead atoms. The first-order valence-corrected chi connectivity index (χ1v) is 8.80. The molecule has 0 unspecified atom stereocenters. The molecular formula is C21H25FN2O. The van der Waals surface area contributed by atoms with Gasteiger partial charge in [0.2, 0.25) is 5.91 Å². The van der Waals surface area contributed by atoms with Crippen LogP contribution in [0.4, 0.5) is 10.1 Å². The van der Waals surface area contributed by atoms with E-state index in [4.69, 9.17) is 0 Å². The molecule has 2 aromatic carbocycles. The number of carbonyl (C=O) groups excluding carboxylic acids is 1. The molecule has 3 nitrogen and oxygen atoms in total. The molecule has 132 valence electrons. The summed E-state index contributed by atoms with van der Waals surface area (Å²) in [6.45, 7) is 6.57. The van der Waals surface area contributed by atoms with Crippen molar-refractivity contribution in [2.45, 2.75) is 33.2 Å². The van der Waals surface area contributed by atoms with Crippen LogP contribution in [0.5, 0.6) is 0 Å². The summed E-state index contributed by atoms with van der Waals surface area (Å²) in [5.74, 6) is -0.252. The van der Waals surface area contributed by atoms with Crippen LogP contribution in [0.2, 0.25) is 0 Å². The van der Waals surface area contributed by atoms with Gasteiger partial charge in [-0.15, -0.1) is 0 Å². The van der Waals surface area contributed by atoms with E-state index in [9.17, 15) is 9.18 Å². The van der Waals surface area contributed by atoms with Gasteiger partial charge < -0.3 is 5.32 Å². The lowest BCUT2D eigenvalue weighted by atomic mass is 9.79. The molecule has 1 aliphatic rings. The van der Waals surface area contributed by atoms with Gasteiger partial charge in [0.25, 0.3) is 0 Å². The van der Waals surface area contributed by atoms with Gasteiger partial charge in [0, 0.05) is 17.6 Å². The Morgan fingerprint density at radius 3 is 2.48 bits per heavy atom. The lowest BCUT2D eigenvalue weighted by Crippen LogP contribution is -2.44. The number of amides is 1. The number of nitrogens with one attached hydrogen (secondary N) is 1. The van der Waals surface area contributed by atoms with Gasteiger partial charge in [-0.3, -0.25) is 9.69 Å². The fraction of sp³-hybridized carbons (Fsp3) is 0.381. The zero-order valence-corrected chi connectivity index (χ0v) is 14.9. The summed E-state index contributed by atoms with van der Waals surface area (Å²) < 4.78 is 13.2. The summed E-state index contributed by atoms with van der Waals surface area (Å²) in [6.07, 6.45) is 1.65. The number of carbonyl (C=O) groups is 1. The van der Waals surface area contributed by atoms with E-state index in [-0.39, 0.29) is 17.1 Å². The number of hydrogen-bond acceptors (Lipinski definition) is 2. The van der Waals surface area contributed by atoms with E-state index in [1.165, 1.54) is 17.7 Å². The summed E-state index contributed by atoms with van der Waals surface area (Å²) >= 11 is 0. The molecule has 1 heterocycles. The number of anilines is 1. The van der Waals surface area contributed by atoms with Crippen molar-refractivity contribution >= 4 is 11.6 Å². The number of likely N-dealkylation sites (tertiary alicyclic amines) is 1. The second-order valence-corrected chi connectivity index (χ2v) is 7.24. The molecule has 0 spiro atoms. The van der Waals surface area contributed by atoms with Gasteiger partial charge in [0.15, 0.2) is 0 Å². The highest BCUT2D eigenvalue weighted by Crippen LogP contribution is 2.33. The second-order valence-electron chi connectivity index (χ2n) is 7.24. The third-order valence-electron chi connectivity index (χ3n) is 5.19. The molecule has 2 aromatic rings. The maximum absolute atomic E-state index is 13.2. The average Bonchev–Trinajstić information content (AvgIpc) is 2.60. The fourth-order valence-corrected chi connectivity index (χ4v) is 3.31. The van der Waals surface area contributed by atoms with Crippen molar-refractivity contribution < 1.29 is 9.18 Å². The Kier molecular flexibility index (Phi) is 5.19. The minimum absolute atomic E-state index is 0.0292. The third kappa shape index (κ3) is 4.26.